The Balaban J connectivity index is 1.79. The highest BCUT2D eigenvalue weighted by Gasteiger charge is 2.44. The van der Waals surface area contributed by atoms with Crippen LogP contribution in [0.2, 0.25) is 0 Å². The molecule has 12 heavy (non-hydrogen) atoms. The van der Waals surface area contributed by atoms with Crippen molar-refractivity contribution in [3.8, 4) is 0 Å². The van der Waals surface area contributed by atoms with Crippen LogP contribution in [0.15, 0.2) is 0 Å². The first-order valence-corrected chi connectivity index (χ1v) is 5.40. The Hall–Kier alpha value is -0.0800. The number of hydrogen-bond donors (Lipinski definition) is 1. The highest BCUT2D eigenvalue weighted by Crippen LogP contribution is 2.37. The lowest BCUT2D eigenvalue weighted by atomic mass is 9.90. The van der Waals surface area contributed by atoms with Crippen LogP contribution in [0, 0.1) is 11.8 Å². The molecule has 0 aliphatic carbocycles. The van der Waals surface area contributed by atoms with E-state index in [2.05, 4.69) is 10.2 Å². The molecular weight excluding hydrogens is 148 g/mol. The first-order valence-electron chi connectivity index (χ1n) is 5.40. The second-order valence-electron chi connectivity index (χ2n) is 4.64. The fourth-order valence-corrected chi connectivity index (χ4v) is 3.43. The molecule has 0 saturated carbocycles. The van der Waals surface area contributed by atoms with Gasteiger partial charge in [-0.2, -0.15) is 0 Å². The van der Waals surface area contributed by atoms with E-state index in [-0.39, 0.29) is 0 Å². The lowest BCUT2D eigenvalue weighted by Gasteiger charge is -2.31. The van der Waals surface area contributed by atoms with Crippen LogP contribution < -0.4 is 5.32 Å². The molecule has 3 aliphatic rings. The molecule has 3 fully saturated rings. The Labute approximate surface area is 74.3 Å². The quantitative estimate of drug-likeness (QED) is 0.569. The fourth-order valence-electron chi connectivity index (χ4n) is 3.43. The fraction of sp³-hybridized carbons (Fsp3) is 1.00. The van der Waals surface area contributed by atoms with Crippen LogP contribution in [0.25, 0.3) is 0 Å². The van der Waals surface area contributed by atoms with Crippen LogP contribution in [0.1, 0.15) is 19.3 Å². The molecular formula is C10H18N2. The molecule has 3 atom stereocenters. The third-order valence-electron chi connectivity index (χ3n) is 4.02. The molecule has 0 spiro atoms. The third kappa shape index (κ3) is 0.944. The predicted molar refractivity (Wildman–Crippen MR) is 49.1 cm³/mol. The Kier molecular flexibility index (Phi) is 1.66. The van der Waals surface area contributed by atoms with Crippen LogP contribution in [-0.4, -0.2) is 37.1 Å². The van der Waals surface area contributed by atoms with E-state index in [1.165, 1.54) is 45.4 Å². The standard InChI is InChI=1S/C10H18N2/c1-2-4-12-7-8-5-11-6-9(8)10(12)3-1/h8-11H,1-7H2. The Morgan fingerprint density at radius 2 is 2.17 bits per heavy atom. The van der Waals surface area contributed by atoms with Gasteiger partial charge in [-0.1, -0.05) is 6.42 Å². The van der Waals surface area contributed by atoms with Crippen molar-refractivity contribution in [2.75, 3.05) is 26.2 Å². The minimum Gasteiger partial charge on any atom is -0.316 e. The highest BCUT2D eigenvalue weighted by atomic mass is 15.2. The highest BCUT2D eigenvalue weighted by molar-refractivity contribution is 4.99. The lowest BCUT2D eigenvalue weighted by Crippen LogP contribution is -2.39. The minimum absolute atomic E-state index is 0.957. The van der Waals surface area contributed by atoms with Crippen molar-refractivity contribution in [3.63, 3.8) is 0 Å². The molecule has 1 N–H and O–H groups in total. The van der Waals surface area contributed by atoms with Gasteiger partial charge < -0.3 is 5.32 Å². The molecule has 3 aliphatic heterocycles. The van der Waals surface area contributed by atoms with Gasteiger partial charge in [0.15, 0.2) is 0 Å². The van der Waals surface area contributed by atoms with Gasteiger partial charge in [-0.25, -0.2) is 0 Å². The summed E-state index contributed by atoms with van der Waals surface area (Å²) in [5, 5.41) is 3.53. The predicted octanol–water partition coefficient (Wildman–Crippen LogP) is 0.690. The van der Waals surface area contributed by atoms with E-state index >= 15 is 0 Å². The van der Waals surface area contributed by atoms with Gasteiger partial charge in [0.25, 0.3) is 0 Å². The van der Waals surface area contributed by atoms with E-state index in [0.717, 1.165) is 17.9 Å². The zero-order valence-electron chi connectivity index (χ0n) is 7.63. The van der Waals surface area contributed by atoms with Crippen molar-refractivity contribution in [1.29, 1.82) is 0 Å². The summed E-state index contributed by atoms with van der Waals surface area (Å²) in [6.45, 7) is 5.36. The van der Waals surface area contributed by atoms with Crippen LogP contribution in [0.5, 0.6) is 0 Å². The summed E-state index contributed by atoms with van der Waals surface area (Å²) in [7, 11) is 0. The number of fused-ring (bicyclic) bond motifs is 3. The van der Waals surface area contributed by atoms with E-state index in [9.17, 15) is 0 Å². The van der Waals surface area contributed by atoms with Crippen molar-refractivity contribution in [1.82, 2.24) is 10.2 Å². The van der Waals surface area contributed by atoms with Crippen molar-refractivity contribution >= 4 is 0 Å². The molecule has 3 rings (SSSR count). The van der Waals surface area contributed by atoms with Crippen molar-refractivity contribution in [3.05, 3.63) is 0 Å². The minimum atomic E-state index is 0.957. The molecule has 0 aromatic rings. The third-order valence-corrected chi connectivity index (χ3v) is 4.02. The summed E-state index contributed by atoms with van der Waals surface area (Å²) in [6.07, 6.45) is 4.40. The molecule has 0 radical (unpaired) electrons. The van der Waals surface area contributed by atoms with E-state index in [4.69, 9.17) is 0 Å². The van der Waals surface area contributed by atoms with Crippen molar-refractivity contribution < 1.29 is 0 Å². The van der Waals surface area contributed by atoms with Crippen LogP contribution in [-0.2, 0) is 0 Å². The maximum atomic E-state index is 3.53. The van der Waals surface area contributed by atoms with E-state index in [1.54, 1.807) is 0 Å². The summed E-state index contributed by atoms with van der Waals surface area (Å²) < 4.78 is 0. The monoisotopic (exact) mass is 166 g/mol. The van der Waals surface area contributed by atoms with E-state index in [0.29, 0.717) is 0 Å². The zero-order valence-corrected chi connectivity index (χ0v) is 7.63. The molecule has 2 heteroatoms. The molecule has 0 aromatic carbocycles. The molecule has 2 nitrogen and oxygen atoms in total. The van der Waals surface area contributed by atoms with Gasteiger partial charge in [-0.15, -0.1) is 0 Å². The van der Waals surface area contributed by atoms with Gasteiger partial charge in [0.2, 0.25) is 0 Å². The summed E-state index contributed by atoms with van der Waals surface area (Å²) >= 11 is 0. The number of hydrogen-bond acceptors (Lipinski definition) is 2. The molecule has 0 bridgehead atoms. The first-order chi connectivity index (χ1) is 5.95. The zero-order chi connectivity index (χ0) is 7.97. The smallest absolute Gasteiger partial charge is 0.0139 e. The van der Waals surface area contributed by atoms with Gasteiger partial charge in [0.05, 0.1) is 0 Å². The summed E-state index contributed by atoms with van der Waals surface area (Å²) in [5.41, 5.74) is 0. The largest absolute Gasteiger partial charge is 0.316 e. The average molecular weight is 166 g/mol. The Morgan fingerprint density at radius 1 is 1.17 bits per heavy atom. The SMILES string of the molecule is C1CCN2CC3CNCC3C2C1. The van der Waals surface area contributed by atoms with Gasteiger partial charge >= 0.3 is 0 Å². The van der Waals surface area contributed by atoms with Gasteiger partial charge in [0, 0.05) is 12.6 Å². The first kappa shape index (κ1) is 7.34. The van der Waals surface area contributed by atoms with E-state index < -0.39 is 0 Å². The van der Waals surface area contributed by atoms with Crippen molar-refractivity contribution in [2.45, 2.75) is 25.3 Å². The number of piperidine rings is 1. The van der Waals surface area contributed by atoms with Crippen LogP contribution in [0.3, 0.4) is 0 Å². The lowest BCUT2D eigenvalue weighted by molar-refractivity contribution is 0.172. The van der Waals surface area contributed by atoms with Crippen molar-refractivity contribution in [2.24, 2.45) is 11.8 Å². The topological polar surface area (TPSA) is 15.3 Å². The molecule has 3 saturated heterocycles. The maximum Gasteiger partial charge on any atom is 0.0139 e. The molecule has 3 heterocycles. The molecule has 68 valence electrons. The summed E-state index contributed by atoms with van der Waals surface area (Å²) in [5.74, 6) is 2.00. The number of nitrogens with one attached hydrogen (secondary N) is 1. The maximum absolute atomic E-state index is 3.53. The average Bonchev–Trinajstić information content (AvgIpc) is 2.62. The van der Waals surface area contributed by atoms with Crippen LogP contribution >= 0.6 is 0 Å². The van der Waals surface area contributed by atoms with Gasteiger partial charge in [0.1, 0.15) is 0 Å². The number of rotatable bonds is 0. The Bertz CT molecular complexity index is 181. The Morgan fingerprint density at radius 3 is 3.17 bits per heavy atom. The second-order valence-corrected chi connectivity index (χ2v) is 4.64. The van der Waals surface area contributed by atoms with Gasteiger partial charge in [-0.05, 0) is 44.3 Å². The normalized spacial score (nSPS) is 47.5. The van der Waals surface area contributed by atoms with E-state index in [1.807, 2.05) is 0 Å². The molecule has 0 aromatic heterocycles. The second kappa shape index (κ2) is 2.71. The molecule has 3 unspecified atom stereocenters. The van der Waals surface area contributed by atoms with Crippen LogP contribution in [0.4, 0.5) is 0 Å². The summed E-state index contributed by atoms with van der Waals surface area (Å²) in [4.78, 5) is 2.75. The molecule has 0 amide bonds. The summed E-state index contributed by atoms with van der Waals surface area (Å²) in [6, 6.07) is 0.957. The number of nitrogens with zero attached hydrogens (tertiary/aromatic N) is 1. The van der Waals surface area contributed by atoms with Gasteiger partial charge in [-0.3, -0.25) is 4.90 Å².